The smallest absolute Gasteiger partial charge is 0.407 e. The van der Waals surface area contributed by atoms with E-state index in [0.29, 0.717) is 24.1 Å². The summed E-state index contributed by atoms with van der Waals surface area (Å²) < 4.78 is 89.4. The summed E-state index contributed by atoms with van der Waals surface area (Å²) in [7, 11) is 0. The molecule has 3 aromatic carbocycles. The van der Waals surface area contributed by atoms with Crippen LogP contribution in [0.4, 0.5) is 36.8 Å². The number of rotatable bonds is 11. The molecule has 0 radical (unpaired) electrons. The highest BCUT2D eigenvalue weighted by atomic mass is 19.4. The molecule has 2 amide bonds. The summed E-state index contributed by atoms with van der Waals surface area (Å²) in [5, 5.41) is 7.39. The minimum absolute atomic E-state index is 0.0983. The number of halogens is 6. The number of hydrogen-bond acceptors (Lipinski definition) is 6. The van der Waals surface area contributed by atoms with Gasteiger partial charge < -0.3 is 31.2 Å². The van der Waals surface area contributed by atoms with Crippen LogP contribution in [0.15, 0.2) is 66.7 Å². The fourth-order valence-electron chi connectivity index (χ4n) is 4.91. The van der Waals surface area contributed by atoms with Crippen molar-refractivity contribution in [2.45, 2.75) is 43.1 Å². The van der Waals surface area contributed by atoms with Gasteiger partial charge in [0.1, 0.15) is 30.6 Å². The molecule has 242 valence electrons. The first-order chi connectivity index (χ1) is 21.4. The molecule has 0 bridgehead atoms. The number of anilines is 1. The van der Waals surface area contributed by atoms with Crippen LogP contribution < -0.4 is 21.7 Å². The lowest BCUT2D eigenvalue weighted by Crippen LogP contribution is -2.49. The molecule has 3 aromatic rings. The molecule has 0 saturated carbocycles. The molecule has 14 heteroatoms. The van der Waals surface area contributed by atoms with Crippen molar-refractivity contribution in [1.82, 2.24) is 10.6 Å². The number of ether oxygens (including phenoxy) is 2. The Hall–Kier alpha value is -4.14. The zero-order chi connectivity index (χ0) is 32.6. The van der Waals surface area contributed by atoms with Gasteiger partial charge in [0.05, 0.1) is 24.8 Å². The number of amides is 2. The van der Waals surface area contributed by atoms with Crippen molar-refractivity contribution in [3.8, 4) is 0 Å². The molecule has 1 aliphatic rings. The maximum absolute atomic E-state index is 15.0. The van der Waals surface area contributed by atoms with Gasteiger partial charge in [-0.05, 0) is 60.4 Å². The van der Waals surface area contributed by atoms with Crippen molar-refractivity contribution in [2.24, 2.45) is 5.73 Å². The summed E-state index contributed by atoms with van der Waals surface area (Å²) in [6.45, 7) is -1.32. The second kappa shape index (κ2) is 15.2. The maximum Gasteiger partial charge on any atom is 0.407 e. The molecule has 1 fully saturated rings. The lowest BCUT2D eigenvalue weighted by Gasteiger charge is -2.30. The largest absolute Gasteiger partial charge is 0.448 e. The molecule has 0 unspecified atom stereocenters. The normalized spacial score (nSPS) is 17.5. The van der Waals surface area contributed by atoms with E-state index >= 15 is 0 Å². The summed E-state index contributed by atoms with van der Waals surface area (Å²) in [5.74, 6) is -2.93. The highest BCUT2D eigenvalue weighted by Crippen LogP contribution is 2.30. The van der Waals surface area contributed by atoms with Crippen LogP contribution in [-0.2, 0) is 20.7 Å². The van der Waals surface area contributed by atoms with Gasteiger partial charge >= 0.3 is 12.3 Å². The second-order valence-corrected chi connectivity index (χ2v) is 10.5. The number of alkyl halides is 3. The van der Waals surface area contributed by atoms with E-state index in [1.807, 2.05) is 0 Å². The molecule has 0 aliphatic carbocycles. The monoisotopic (exact) mass is 638 g/mol. The second-order valence-electron chi connectivity index (χ2n) is 10.5. The third kappa shape index (κ3) is 9.93. The minimum Gasteiger partial charge on any atom is -0.448 e. The molecular formula is C31H32F6N4O4. The number of alkyl carbamates (subject to hydrolysis) is 1. The molecule has 0 aromatic heterocycles. The van der Waals surface area contributed by atoms with Crippen LogP contribution in [0.25, 0.3) is 0 Å². The Morgan fingerprint density at radius 3 is 2.16 bits per heavy atom. The van der Waals surface area contributed by atoms with Crippen molar-refractivity contribution in [2.75, 3.05) is 31.6 Å². The molecule has 4 rings (SSSR count). The van der Waals surface area contributed by atoms with Crippen LogP contribution in [0.3, 0.4) is 0 Å². The first kappa shape index (κ1) is 33.7. The number of morpholine rings is 1. The fraction of sp³-hybridized carbons (Fsp3) is 0.355. The van der Waals surface area contributed by atoms with E-state index in [4.69, 9.17) is 15.2 Å². The van der Waals surface area contributed by atoms with Gasteiger partial charge in [-0.1, -0.05) is 30.3 Å². The Labute approximate surface area is 255 Å². The molecule has 5 N–H and O–H groups in total. The van der Waals surface area contributed by atoms with Crippen LogP contribution in [0.5, 0.6) is 0 Å². The summed E-state index contributed by atoms with van der Waals surface area (Å²) in [5.41, 5.74) is 7.88. The number of hydrogen-bond donors (Lipinski definition) is 4. The Morgan fingerprint density at radius 1 is 0.978 bits per heavy atom. The van der Waals surface area contributed by atoms with E-state index in [-0.39, 0.29) is 37.0 Å². The number of carbonyl (C=O) groups excluding carboxylic acids is 2. The van der Waals surface area contributed by atoms with Gasteiger partial charge in [0.2, 0.25) is 5.91 Å². The predicted octanol–water partition coefficient (Wildman–Crippen LogP) is 4.78. The summed E-state index contributed by atoms with van der Waals surface area (Å²) in [4.78, 5) is 24.8. The van der Waals surface area contributed by atoms with Crippen molar-refractivity contribution >= 4 is 17.7 Å². The van der Waals surface area contributed by atoms with Crippen LogP contribution in [-0.4, -0.2) is 62.7 Å². The predicted molar refractivity (Wildman–Crippen MR) is 153 cm³/mol. The Morgan fingerprint density at radius 2 is 1.60 bits per heavy atom. The van der Waals surface area contributed by atoms with Crippen molar-refractivity contribution < 1.29 is 45.4 Å². The molecule has 1 aliphatic heterocycles. The number of carbonyl (C=O) groups is 2. The molecule has 1 heterocycles. The van der Waals surface area contributed by atoms with Crippen molar-refractivity contribution in [1.29, 1.82) is 0 Å². The van der Waals surface area contributed by atoms with Crippen LogP contribution in [0.1, 0.15) is 29.0 Å². The summed E-state index contributed by atoms with van der Waals surface area (Å²) >= 11 is 0. The van der Waals surface area contributed by atoms with Crippen LogP contribution in [0.2, 0.25) is 0 Å². The van der Waals surface area contributed by atoms with Gasteiger partial charge in [0, 0.05) is 23.7 Å². The quantitative estimate of drug-likeness (QED) is 0.225. The number of nitrogens with one attached hydrogen (secondary N) is 3. The first-order valence-corrected chi connectivity index (χ1v) is 14.1. The van der Waals surface area contributed by atoms with E-state index in [0.717, 1.165) is 0 Å². The van der Waals surface area contributed by atoms with Crippen molar-refractivity contribution in [3.63, 3.8) is 0 Å². The molecule has 8 nitrogen and oxygen atoms in total. The van der Waals surface area contributed by atoms with Crippen molar-refractivity contribution in [3.05, 3.63) is 101 Å². The topological polar surface area (TPSA) is 115 Å². The van der Waals surface area contributed by atoms with Gasteiger partial charge in [-0.15, -0.1) is 0 Å². The molecule has 1 saturated heterocycles. The molecular weight excluding hydrogens is 606 g/mol. The standard InChI is InChI=1S/C31H32F6N4O4/c32-20-8-4-18(5-9-20)27(19-6-10-21(33)11-7-19)28(38)29(42)41-26-3-1-2-25(34)24(26)13-12-23-14-39-22(15-44-23)16-45-30(43)40-17-31(35,36)37/h1-11,22-23,27-28,39H,12-17,38H2,(H,40,43)(H,41,42)/t22-,23+,28-/m0/s1. The van der Waals surface area contributed by atoms with Gasteiger partial charge in [-0.3, -0.25) is 4.79 Å². The zero-order valence-corrected chi connectivity index (χ0v) is 23.9. The zero-order valence-electron chi connectivity index (χ0n) is 23.9. The number of nitrogens with two attached hydrogens (primary N) is 1. The van der Waals surface area contributed by atoms with Gasteiger partial charge in [0.15, 0.2) is 0 Å². The lowest BCUT2D eigenvalue weighted by molar-refractivity contribution is -0.124. The average Bonchev–Trinajstić information content (AvgIpc) is 3.01. The number of benzene rings is 3. The van der Waals surface area contributed by atoms with E-state index in [9.17, 15) is 35.9 Å². The fourth-order valence-corrected chi connectivity index (χ4v) is 4.91. The Kier molecular flexibility index (Phi) is 11.4. The van der Waals surface area contributed by atoms with Crippen LogP contribution >= 0.6 is 0 Å². The summed E-state index contributed by atoms with van der Waals surface area (Å²) in [6.07, 6.45) is -5.61. The van der Waals surface area contributed by atoms with Crippen LogP contribution in [0, 0.1) is 17.5 Å². The van der Waals surface area contributed by atoms with Gasteiger partial charge in [0.25, 0.3) is 0 Å². The third-order valence-corrected chi connectivity index (χ3v) is 7.23. The van der Waals surface area contributed by atoms with E-state index in [1.165, 1.54) is 66.7 Å². The highest BCUT2D eigenvalue weighted by Gasteiger charge is 2.30. The highest BCUT2D eigenvalue weighted by molar-refractivity contribution is 5.96. The molecule has 0 spiro atoms. The maximum atomic E-state index is 15.0. The molecule has 45 heavy (non-hydrogen) atoms. The molecule has 3 atom stereocenters. The average molecular weight is 639 g/mol. The van der Waals surface area contributed by atoms with Gasteiger partial charge in [-0.2, -0.15) is 13.2 Å². The van der Waals surface area contributed by atoms with E-state index in [2.05, 4.69) is 10.6 Å². The third-order valence-electron chi connectivity index (χ3n) is 7.23. The van der Waals surface area contributed by atoms with E-state index < -0.39 is 60.2 Å². The van der Waals surface area contributed by atoms with Gasteiger partial charge in [-0.25, -0.2) is 18.0 Å². The lowest BCUT2D eigenvalue weighted by atomic mass is 9.85. The minimum atomic E-state index is -4.55. The Balaban J connectivity index is 1.35. The SMILES string of the molecule is N[C@H](C(=O)Nc1cccc(F)c1CC[C@@H]1CN[C@H](COC(=O)NCC(F)(F)F)CO1)C(c1ccc(F)cc1)c1ccc(F)cc1. The van der Waals surface area contributed by atoms with E-state index in [1.54, 1.807) is 5.32 Å². The summed E-state index contributed by atoms with van der Waals surface area (Å²) in [6, 6.07) is 13.4. The Bertz CT molecular complexity index is 1390. The first-order valence-electron chi connectivity index (χ1n) is 14.1.